The molecule has 0 spiro atoms. The lowest BCUT2D eigenvalue weighted by atomic mass is 10.7. The van der Waals surface area contributed by atoms with Gasteiger partial charge in [-0.05, 0) is 13.0 Å². The maximum absolute atomic E-state index is 5.14. The van der Waals surface area contributed by atoms with Crippen LogP contribution in [0.25, 0.3) is 0 Å². The summed E-state index contributed by atoms with van der Waals surface area (Å²) in [4.78, 5) is 3.64. The van der Waals surface area contributed by atoms with Crippen LogP contribution in [0.1, 0.15) is 6.92 Å². The minimum atomic E-state index is 0.528. The average molecular weight is 134 g/mol. The normalized spacial score (nSPS) is 12.6. The highest BCUT2D eigenvalue weighted by molar-refractivity contribution is 6.56. The number of hydrogen-bond acceptors (Lipinski definition) is 2. The molecule has 0 aromatic rings. The summed E-state index contributed by atoms with van der Waals surface area (Å²) in [5.41, 5.74) is 1.17. The molecule has 0 amide bonds. The monoisotopic (exact) mass is 133 g/mol. The summed E-state index contributed by atoms with van der Waals surface area (Å²) >= 11 is 5.14. The molecule has 0 saturated carbocycles. The molecule has 0 aromatic carbocycles. The van der Waals surface area contributed by atoms with Gasteiger partial charge in [-0.3, -0.25) is 0 Å². The molecule has 0 unspecified atom stereocenters. The Labute approximate surface area is 53.8 Å². The number of hydrogen-bond donors (Lipinski definition) is 0. The SMILES string of the molecule is C/C=C(\N=CCl)OC. The van der Waals surface area contributed by atoms with Gasteiger partial charge in [0.15, 0.2) is 0 Å². The summed E-state index contributed by atoms with van der Waals surface area (Å²) in [7, 11) is 1.54. The Morgan fingerprint density at radius 3 is 2.50 bits per heavy atom. The summed E-state index contributed by atoms with van der Waals surface area (Å²) in [5, 5.41) is 0. The molecule has 3 heteroatoms. The van der Waals surface area contributed by atoms with Crippen molar-refractivity contribution in [2.24, 2.45) is 4.99 Å². The van der Waals surface area contributed by atoms with Gasteiger partial charge >= 0.3 is 0 Å². The maximum atomic E-state index is 5.14. The van der Waals surface area contributed by atoms with E-state index in [1.807, 2.05) is 6.92 Å². The molecule has 0 aliphatic heterocycles. The molecule has 0 aliphatic carbocycles. The Kier molecular flexibility index (Phi) is 4.36. The Morgan fingerprint density at radius 1 is 1.75 bits per heavy atom. The van der Waals surface area contributed by atoms with Crippen LogP contribution in [0, 0.1) is 0 Å². The predicted octanol–water partition coefficient (Wildman–Crippen LogP) is 1.76. The van der Waals surface area contributed by atoms with Crippen LogP contribution in [0.2, 0.25) is 0 Å². The number of ether oxygens (including phenoxy) is 1. The summed E-state index contributed by atoms with van der Waals surface area (Å²) in [5.74, 6) is 0.528. The van der Waals surface area contributed by atoms with E-state index < -0.39 is 0 Å². The van der Waals surface area contributed by atoms with Crippen LogP contribution in [0.15, 0.2) is 17.0 Å². The Bertz CT molecular complexity index is 106. The van der Waals surface area contributed by atoms with Gasteiger partial charge in [0.2, 0.25) is 5.88 Å². The molecule has 2 nitrogen and oxygen atoms in total. The van der Waals surface area contributed by atoms with Crippen molar-refractivity contribution in [1.29, 1.82) is 0 Å². The van der Waals surface area contributed by atoms with Gasteiger partial charge in [0.1, 0.15) is 0 Å². The van der Waals surface area contributed by atoms with Gasteiger partial charge in [-0.2, -0.15) is 0 Å². The standard InChI is InChI=1S/C5H8ClNO/c1-3-5(8-2)7-4-6/h3-4H,1-2H3/b5-3+,7-4?. The van der Waals surface area contributed by atoms with Crippen LogP contribution < -0.4 is 0 Å². The van der Waals surface area contributed by atoms with Crippen molar-refractivity contribution >= 4 is 17.3 Å². The second kappa shape index (κ2) is 4.65. The van der Waals surface area contributed by atoms with Gasteiger partial charge in [-0.15, -0.1) is 0 Å². The summed E-state index contributed by atoms with van der Waals surface area (Å²) < 4.78 is 4.72. The third-order valence-corrected chi connectivity index (χ3v) is 0.730. The molecule has 0 aliphatic rings. The van der Waals surface area contributed by atoms with Crippen LogP contribution in [0.4, 0.5) is 0 Å². The zero-order valence-corrected chi connectivity index (χ0v) is 5.64. The largest absolute Gasteiger partial charge is 0.481 e. The molecule has 0 aromatic heterocycles. The van der Waals surface area contributed by atoms with E-state index in [4.69, 9.17) is 16.3 Å². The first-order chi connectivity index (χ1) is 3.85. The Morgan fingerprint density at radius 2 is 2.38 bits per heavy atom. The quantitative estimate of drug-likeness (QED) is 0.416. The molecule has 0 heterocycles. The zero-order chi connectivity index (χ0) is 6.41. The fourth-order valence-electron chi connectivity index (χ4n) is 0.293. The van der Waals surface area contributed by atoms with E-state index >= 15 is 0 Å². The number of nitrogens with zero attached hydrogens (tertiary/aromatic N) is 1. The van der Waals surface area contributed by atoms with Crippen molar-refractivity contribution in [3.05, 3.63) is 12.0 Å². The average Bonchev–Trinajstić information content (AvgIpc) is 1.83. The highest BCUT2D eigenvalue weighted by Gasteiger charge is 1.81. The third-order valence-electron chi connectivity index (χ3n) is 0.632. The Balaban J connectivity index is 3.72. The van der Waals surface area contributed by atoms with Gasteiger partial charge in [-0.25, -0.2) is 4.99 Å². The number of allylic oxidation sites excluding steroid dienone is 1. The Hall–Kier alpha value is -0.500. The fraction of sp³-hybridized carbons (Fsp3) is 0.400. The molecule has 8 heavy (non-hydrogen) atoms. The van der Waals surface area contributed by atoms with E-state index in [1.54, 1.807) is 13.2 Å². The van der Waals surface area contributed by atoms with Gasteiger partial charge in [0, 0.05) is 0 Å². The lowest BCUT2D eigenvalue weighted by Crippen LogP contribution is -1.78. The molecular weight excluding hydrogens is 126 g/mol. The lowest BCUT2D eigenvalue weighted by Gasteiger charge is -1.93. The van der Waals surface area contributed by atoms with Crippen molar-refractivity contribution in [2.45, 2.75) is 6.92 Å². The van der Waals surface area contributed by atoms with E-state index in [0.717, 1.165) is 0 Å². The smallest absolute Gasteiger partial charge is 0.209 e. The van der Waals surface area contributed by atoms with Crippen molar-refractivity contribution in [2.75, 3.05) is 7.11 Å². The van der Waals surface area contributed by atoms with Crippen LogP contribution in [-0.2, 0) is 4.74 Å². The van der Waals surface area contributed by atoms with Gasteiger partial charge in [-0.1, -0.05) is 11.6 Å². The second-order valence-corrected chi connectivity index (χ2v) is 1.25. The van der Waals surface area contributed by atoms with Crippen molar-refractivity contribution in [1.82, 2.24) is 0 Å². The van der Waals surface area contributed by atoms with E-state index in [1.165, 1.54) is 5.67 Å². The zero-order valence-electron chi connectivity index (χ0n) is 4.89. The molecule has 46 valence electrons. The molecule has 0 N–H and O–H groups in total. The molecule has 0 saturated heterocycles. The van der Waals surface area contributed by atoms with E-state index in [0.29, 0.717) is 5.88 Å². The molecular formula is C5H8ClNO. The number of halogens is 1. The minimum absolute atomic E-state index is 0.528. The van der Waals surface area contributed by atoms with Crippen LogP contribution in [-0.4, -0.2) is 12.8 Å². The van der Waals surface area contributed by atoms with Crippen LogP contribution >= 0.6 is 11.6 Å². The highest BCUT2D eigenvalue weighted by atomic mass is 35.5. The molecule has 0 radical (unpaired) electrons. The molecule has 0 bridgehead atoms. The first-order valence-electron chi connectivity index (χ1n) is 2.18. The molecule has 0 fully saturated rings. The number of rotatable bonds is 2. The first-order valence-corrected chi connectivity index (χ1v) is 2.61. The number of aliphatic imine (C=N–C) groups is 1. The topological polar surface area (TPSA) is 21.6 Å². The predicted molar refractivity (Wildman–Crippen MR) is 35.1 cm³/mol. The van der Waals surface area contributed by atoms with E-state index in [2.05, 4.69) is 4.99 Å². The summed E-state index contributed by atoms with van der Waals surface area (Å²) in [6.07, 6.45) is 1.72. The molecule has 0 rings (SSSR count). The minimum Gasteiger partial charge on any atom is -0.481 e. The molecule has 0 atom stereocenters. The fourth-order valence-corrected chi connectivity index (χ4v) is 0.389. The summed E-state index contributed by atoms with van der Waals surface area (Å²) in [6.45, 7) is 1.82. The van der Waals surface area contributed by atoms with Crippen LogP contribution in [0.5, 0.6) is 0 Å². The van der Waals surface area contributed by atoms with E-state index in [-0.39, 0.29) is 0 Å². The second-order valence-electron chi connectivity index (χ2n) is 1.06. The van der Waals surface area contributed by atoms with Crippen molar-refractivity contribution in [3.8, 4) is 0 Å². The maximum Gasteiger partial charge on any atom is 0.209 e. The van der Waals surface area contributed by atoms with Crippen molar-refractivity contribution < 1.29 is 4.74 Å². The summed E-state index contributed by atoms with van der Waals surface area (Å²) in [6, 6.07) is 0. The first kappa shape index (κ1) is 7.50. The highest BCUT2D eigenvalue weighted by Crippen LogP contribution is 1.94. The number of methoxy groups -OCH3 is 1. The third kappa shape index (κ3) is 2.64. The van der Waals surface area contributed by atoms with E-state index in [9.17, 15) is 0 Å². The van der Waals surface area contributed by atoms with Crippen molar-refractivity contribution in [3.63, 3.8) is 0 Å². The van der Waals surface area contributed by atoms with Gasteiger partial charge in [0.05, 0.1) is 12.8 Å². The van der Waals surface area contributed by atoms with Crippen LogP contribution in [0.3, 0.4) is 0 Å². The van der Waals surface area contributed by atoms with Gasteiger partial charge < -0.3 is 4.74 Å². The van der Waals surface area contributed by atoms with Gasteiger partial charge in [0.25, 0.3) is 0 Å². The lowest BCUT2D eigenvalue weighted by molar-refractivity contribution is 0.288.